The van der Waals surface area contributed by atoms with E-state index in [1.54, 1.807) is 0 Å². The molecule has 0 aromatic heterocycles. The SMILES string of the molecule is CN(C)CCCOC(=O)CCC12CC3CC(CCC(=O)O)(C1)C[C@@](CCC(=O)O)(C3)C2. The molecule has 0 heterocycles. The third-order valence-corrected chi connectivity index (χ3v) is 8.03. The molecule has 4 bridgehead atoms. The molecule has 2 N–H and O–H groups in total. The number of carboxylic acids is 2. The topological polar surface area (TPSA) is 104 Å². The van der Waals surface area contributed by atoms with Gasteiger partial charge in [0.1, 0.15) is 0 Å². The number of hydrogen-bond donors (Lipinski definition) is 2. The van der Waals surface area contributed by atoms with Gasteiger partial charge in [0.25, 0.3) is 0 Å². The van der Waals surface area contributed by atoms with Crippen molar-refractivity contribution in [2.24, 2.45) is 22.2 Å². The Hall–Kier alpha value is -1.63. The zero-order valence-corrected chi connectivity index (χ0v) is 19.2. The van der Waals surface area contributed by atoms with E-state index in [-0.39, 0.29) is 35.1 Å². The molecule has 4 aliphatic carbocycles. The van der Waals surface area contributed by atoms with Gasteiger partial charge in [0, 0.05) is 25.8 Å². The fourth-order valence-corrected chi connectivity index (χ4v) is 7.65. The van der Waals surface area contributed by atoms with E-state index in [0.717, 1.165) is 57.9 Å². The maximum absolute atomic E-state index is 12.4. The Labute approximate surface area is 185 Å². The van der Waals surface area contributed by atoms with Crippen LogP contribution in [0, 0.1) is 22.2 Å². The molecule has 7 heteroatoms. The zero-order chi connectivity index (χ0) is 22.7. The Morgan fingerprint density at radius 1 is 0.839 bits per heavy atom. The Morgan fingerprint density at radius 3 is 1.71 bits per heavy atom. The van der Waals surface area contributed by atoms with Crippen LogP contribution in [-0.2, 0) is 19.1 Å². The number of carbonyl (C=O) groups excluding carboxylic acids is 1. The molecule has 31 heavy (non-hydrogen) atoms. The summed E-state index contributed by atoms with van der Waals surface area (Å²) in [6, 6.07) is 0. The highest BCUT2D eigenvalue weighted by Crippen LogP contribution is 2.73. The standard InChI is InChI=1S/C24H39NO6/c1-25(2)10-3-11-31-21(30)6-9-24-14-18-12-22(16-24,7-4-19(26)27)15-23(13-18,17-24)8-5-20(28)29/h18H,3-17H2,1-2H3,(H,26,27)(H,28,29)/t18?,22-,23?,24?/m1/s1. The highest BCUT2D eigenvalue weighted by Gasteiger charge is 2.62. The second-order valence-electron chi connectivity index (χ2n) is 11.2. The van der Waals surface area contributed by atoms with Crippen LogP contribution in [0.5, 0.6) is 0 Å². The average Bonchev–Trinajstić information content (AvgIpc) is 2.66. The first kappa shape index (κ1) is 24.0. The van der Waals surface area contributed by atoms with Crippen molar-refractivity contribution < 1.29 is 29.3 Å². The van der Waals surface area contributed by atoms with Gasteiger partial charge in [-0.1, -0.05) is 0 Å². The molecule has 0 amide bonds. The maximum atomic E-state index is 12.4. The van der Waals surface area contributed by atoms with Gasteiger partial charge in [-0.3, -0.25) is 14.4 Å². The lowest BCUT2D eigenvalue weighted by molar-refractivity contribution is -0.176. The quantitative estimate of drug-likeness (QED) is 0.332. The number of ether oxygens (including phenoxy) is 1. The lowest BCUT2D eigenvalue weighted by atomic mass is 9.37. The molecule has 4 rings (SSSR count). The summed E-state index contributed by atoms with van der Waals surface area (Å²) in [5, 5.41) is 18.6. The molecule has 0 saturated heterocycles. The molecule has 0 aliphatic heterocycles. The van der Waals surface area contributed by atoms with Gasteiger partial charge < -0.3 is 19.8 Å². The van der Waals surface area contributed by atoms with E-state index >= 15 is 0 Å². The Bertz CT molecular complexity index is 656. The summed E-state index contributed by atoms with van der Waals surface area (Å²) in [6.45, 7) is 1.33. The van der Waals surface area contributed by atoms with Gasteiger partial charge in [-0.15, -0.1) is 0 Å². The van der Waals surface area contributed by atoms with Gasteiger partial charge in [-0.05, 0) is 100 Å². The van der Waals surface area contributed by atoms with Crippen molar-refractivity contribution in [2.45, 2.75) is 83.5 Å². The highest BCUT2D eigenvalue weighted by molar-refractivity contribution is 5.69. The van der Waals surface area contributed by atoms with Crippen LogP contribution in [-0.4, -0.2) is 60.3 Å². The van der Waals surface area contributed by atoms with Crippen LogP contribution in [0.2, 0.25) is 0 Å². The second-order valence-corrected chi connectivity index (χ2v) is 11.2. The van der Waals surface area contributed by atoms with Gasteiger partial charge in [0.2, 0.25) is 0 Å². The molecule has 4 fully saturated rings. The zero-order valence-electron chi connectivity index (χ0n) is 19.2. The third-order valence-electron chi connectivity index (χ3n) is 8.03. The number of carbonyl (C=O) groups is 3. The molecule has 0 radical (unpaired) electrons. The number of rotatable bonds is 13. The fourth-order valence-electron chi connectivity index (χ4n) is 7.65. The van der Waals surface area contributed by atoms with Crippen molar-refractivity contribution >= 4 is 17.9 Å². The van der Waals surface area contributed by atoms with Crippen molar-refractivity contribution in [2.75, 3.05) is 27.2 Å². The van der Waals surface area contributed by atoms with E-state index in [1.165, 1.54) is 0 Å². The summed E-state index contributed by atoms with van der Waals surface area (Å²) < 4.78 is 5.44. The Morgan fingerprint density at radius 2 is 1.29 bits per heavy atom. The maximum Gasteiger partial charge on any atom is 0.305 e. The lowest BCUT2D eigenvalue weighted by Gasteiger charge is -2.67. The van der Waals surface area contributed by atoms with Gasteiger partial charge in [-0.25, -0.2) is 0 Å². The van der Waals surface area contributed by atoms with E-state index in [2.05, 4.69) is 4.90 Å². The van der Waals surface area contributed by atoms with E-state index in [1.807, 2.05) is 14.1 Å². The van der Waals surface area contributed by atoms with Crippen LogP contribution in [0.15, 0.2) is 0 Å². The van der Waals surface area contributed by atoms with Crippen LogP contribution in [0.3, 0.4) is 0 Å². The number of aliphatic carboxylic acids is 2. The van der Waals surface area contributed by atoms with Crippen LogP contribution in [0.4, 0.5) is 0 Å². The second kappa shape index (κ2) is 9.47. The molecular formula is C24H39NO6. The first-order chi connectivity index (χ1) is 14.6. The van der Waals surface area contributed by atoms with Gasteiger partial charge in [0.15, 0.2) is 0 Å². The minimum atomic E-state index is -0.759. The first-order valence-electron chi connectivity index (χ1n) is 11.8. The van der Waals surface area contributed by atoms with Crippen molar-refractivity contribution in [1.82, 2.24) is 4.90 Å². The number of hydrogen-bond acceptors (Lipinski definition) is 5. The van der Waals surface area contributed by atoms with Crippen molar-refractivity contribution in [3.05, 3.63) is 0 Å². The van der Waals surface area contributed by atoms with Gasteiger partial charge in [0.05, 0.1) is 6.61 Å². The highest BCUT2D eigenvalue weighted by atomic mass is 16.5. The van der Waals surface area contributed by atoms with Crippen molar-refractivity contribution in [3.8, 4) is 0 Å². The summed E-state index contributed by atoms with van der Waals surface area (Å²) in [5.41, 5.74) is 0.0108. The van der Waals surface area contributed by atoms with Gasteiger partial charge >= 0.3 is 17.9 Å². The molecule has 4 aliphatic rings. The van der Waals surface area contributed by atoms with Crippen LogP contribution >= 0.6 is 0 Å². The molecule has 0 aromatic carbocycles. The van der Waals surface area contributed by atoms with E-state index in [4.69, 9.17) is 4.74 Å². The Balaban J connectivity index is 1.66. The number of esters is 1. The Kier molecular flexibility index (Phi) is 7.34. The van der Waals surface area contributed by atoms with Crippen LogP contribution < -0.4 is 0 Å². The van der Waals surface area contributed by atoms with Crippen molar-refractivity contribution in [3.63, 3.8) is 0 Å². The minimum absolute atomic E-state index is 0.00801. The van der Waals surface area contributed by atoms with Crippen molar-refractivity contribution in [1.29, 1.82) is 0 Å². The molecule has 4 saturated carbocycles. The summed E-state index contributed by atoms with van der Waals surface area (Å²) in [5.74, 6) is -1.14. The molecule has 176 valence electrons. The molecule has 0 spiro atoms. The van der Waals surface area contributed by atoms with Crippen LogP contribution in [0.25, 0.3) is 0 Å². The molecule has 3 unspecified atom stereocenters. The van der Waals surface area contributed by atoms with E-state index < -0.39 is 11.9 Å². The molecular weight excluding hydrogens is 398 g/mol. The third kappa shape index (κ3) is 6.21. The number of nitrogens with zero attached hydrogens (tertiary/aromatic N) is 1. The first-order valence-corrected chi connectivity index (χ1v) is 11.8. The monoisotopic (exact) mass is 437 g/mol. The smallest absolute Gasteiger partial charge is 0.305 e. The molecule has 4 atom stereocenters. The minimum Gasteiger partial charge on any atom is -0.481 e. The summed E-state index contributed by atoms with van der Waals surface area (Å²) in [4.78, 5) is 37.1. The summed E-state index contributed by atoms with van der Waals surface area (Å²) in [7, 11) is 3.99. The largest absolute Gasteiger partial charge is 0.481 e. The predicted molar refractivity (Wildman–Crippen MR) is 116 cm³/mol. The predicted octanol–water partition coefficient (Wildman–Crippen LogP) is 3.95. The van der Waals surface area contributed by atoms with E-state index in [0.29, 0.717) is 31.8 Å². The van der Waals surface area contributed by atoms with Gasteiger partial charge in [-0.2, -0.15) is 0 Å². The summed E-state index contributed by atoms with van der Waals surface area (Å²) in [6.07, 6.45) is 9.81. The average molecular weight is 438 g/mol. The fraction of sp³-hybridized carbons (Fsp3) is 0.875. The van der Waals surface area contributed by atoms with E-state index in [9.17, 15) is 24.6 Å². The summed E-state index contributed by atoms with van der Waals surface area (Å²) >= 11 is 0. The number of carboxylic acid groups (broad SMARTS) is 2. The normalized spacial score (nSPS) is 33.6. The molecule has 0 aromatic rings. The molecule has 7 nitrogen and oxygen atoms in total. The van der Waals surface area contributed by atoms with Crippen LogP contribution in [0.1, 0.15) is 83.5 Å². The lowest BCUT2D eigenvalue weighted by Crippen LogP contribution is -2.57.